The second-order valence-electron chi connectivity index (χ2n) is 15.7. The maximum atomic E-state index is 12.0. The van der Waals surface area contributed by atoms with E-state index in [9.17, 15) is 9.59 Å². The fraction of sp³-hybridized carbons (Fsp3) is 0.450. The molecule has 4 aromatic rings. The van der Waals surface area contributed by atoms with Crippen molar-refractivity contribution in [3.8, 4) is 11.1 Å². The van der Waals surface area contributed by atoms with E-state index in [0.29, 0.717) is 28.5 Å². The van der Waals surface area contributed by atoms with Gasteiger partial charge in [-0.3, -0.25) is 10.6 Å². The van der Waals surface area contributed by atoms with Crippen LogP contribution in [0.2, 0.25) is 0 Å². The summed E-state index contributed by atoms with van der Waals surface area (Å²) in [4.78, 5) is 30.6. The van der Waals surface area contributed by atoms with Crippen LogP contribution in [0.4, 0.5) is 21.0 Å². The van der Waals surface area contributed by atoms with Crippen molar-refractivity contribution in [3.63, 3.8) is 0 Å². The number of benzene rings is 2. The lowest BCUT2D eigenvalue weighted by atomic mass is 9.78. The molecule has 0 radical (unpaired) electrons. The highest BCUT2D eigenvalue weighted by Crippen LogP contribution is 2.37. The lowest BCUT2D eigenvalue weighted by molar-refractivity contribution is 0.00578. The molecule has 16 heteroatoms. The average molecular weight is 834 g/mol. The number of hydrogen-bond donors (Lipinski definition) is 2. The first kappa shape index (κ1) is 45.2. The topological polar surface area (TPSA) is 156 Å². The normalized spacial score (nSPS) is 14.2. The quantitative estimate of drug-likeness (QED) is 0.142. The first-order valence-corrected chi connectivity index (χ1v) is 18.5. The molecule has 298 valence electrons. The van der Waals surface area contributed by atoms with Gasteiger partial charge in [-0.15, -0.1) is 0 Å². The fourth-order valence-electron chi connectivity index (χ4n) is 4.95. The van der Waals surface area contributed by atoms with Crippen molar-refractivity contribution in [2.24, 2.45) is 0 Å². The number of amides is 2. The minimum Gasteiger partial charge on any atom is -0.444 e. The minimum atomic E-state index is -0.582. The molecule has 2 amide bonds. The van der Waals surface area contributed by atoms with E-state index in [-0.39, 0.29) is 13.1 Å². The third-order valence-electron chi connectivity index (χ3n) is 8.18. The van der Waals surface area contributed by atoms with Crippen LogP contribution in [-0.2, 0) is 31.9 Å². The van der Waals surface area contributed by atoms with Gasteiger partial charge in [0, 0.05) is 16.7 Å². The van der Waals surface area contributed by atoms with Crippen LogP contribution in [0.3, 0.4) is 0 Å². The number of hydrogen-bond acceptors (Lipinski definition) is 10. The second kappa shape index (κ2) is 18.7. The number of nitrogens with one attached hydrogen (secondary N) is 2. The number of aromatic nitrogens is 2. The lowest BCUT2D eigenvalue weighted by Crippen LogP contribution is -2.41. The van der Waals surface area contributed by atoms with Gasteiger partial charge in [0.2, 0.25) is 0 Å². The van der Waals surface area contributed by atoms with Gasteiger partial charge in [-0.25, -0.2) is 22.7 Å². The highest BCUT2D eigenvalue weighted by atomic mass is 79.9. The highest BCUT2D eigenvalue weighted by molar-refractivity contribution is 9.10. The summed E-state index contributed by atoms with van der Waals surface area (Å²) in [7, 11) is -0.536. The molecule has 1 saturated heterocycles. The molecular weight excluding hydrogens is 783 g/mol. The molecule has 0 saturated carbocycles. The molecule has 2 aromatic carbocycles. The van der Waals surface area contributed by atoms with Crippen LogP contribution in [0.5, 0.6) is 0 Å². The Morgan fingerprint density at radius 1 is 0.750 bits per heavy atom. The van der Waals surface area contributed by atoms with Crippen molar-refractivity contribution >= 4 is 52.1 Å². The monoisotopic (exact) mass is 832 g/mol. The van der Waals surface area contributed by atoms with Crippen LogP contribution in [-0.4, -0.2) is 52.0 Å². The maximum absolute atomic E-state index is 12.0. The molecular formula is C40H50BBrN6O8. The number of anilines is 2. The minimum absolute atomic E-state index is 0.118. The second-order valence-corrected chi connectivity index (χ2v) is 16.5. The molecule has 14 nitrogen and oxygen atoms in total. The Kier molecular flexibility index (Phi) is 15.1. The third-order valence-corrected chi connectivity index (χ3v) is 9.20. The molecule has 56 heavy (non-hydrogen) atoms. The van der Waals surface area contributed by atoms with Crippen LogP contribution in [0.1, 0.15) is 92.1 Å². The van der Waals surface area contributed by atoms with E-state index < -0.39 is 41.7 Å². The maximum Gasteiger partial charge on any atom is 0.496 e. The van der Waals surface area contributed by atoms with Crippen LogP contribution in [0.25, 0.3) is 20.8 Å². The molecule has 0 atom stereocenters. The van der Waals surface area contributed by atoms with Crippen molar-refractivity contribution in [1.29, 1.82) is 0 Å². The average Bonchev–Trinajstić information content (AvgIpc) is 3.67. The van der Waals surface area contributed by atoms with Crippen molar-refractivity contribution < 1.29 is 37.4 Å². The van der Waals surface area contributed by atoms with Crippen molar-refractivity contribution in [2.75, 3.05) is 10.6 Å². The molecule has 1 fully saturated rings. The van der Waals surface area contributed by atoms with Gasteiger partial charge in [-0.1, -0.05) is 46.7 Å². The van der Waals surface area contributed by atoms with Crippen molar-refractivity contribution in [3.05, 3.63) is 98.7 Å². The number of aryl methyl sites for hydroxylation is 2. The molecule has 2 aromatic heterocycles. The smallest absolute Gasteiger partial charge is 0.444 e. The van der Waals surface area contributed by atoms with Gasteiger partial charge in [-0.2, -0.15) is 0 Å². The Morgan fingerprint density at radius 3 is 1.70 bits per heavy atom. The van der Waals surface area contributed by atoms with E-state index in [4.69, 9.17) is 41.0 Å². The molecule has 1 aliphatic heterocycles. The fourth-order valence-corrected chi connectivity index (χ4v) is 5.22. The first-order valence-electron chi connectivity index (χ1n) is 17.7. The van der Waals surface area contributed by atoms with Gasteiger partial charge in [-0.05, 0) is 111 Å². The Hall–Kier alpha value is -5.16. The predicted octanol–water partition coefficient (Wildman–Crippen LogP) is 9.91. The molecule has 2 N–H and O–H groups in total. The number of halogens is 1. The molecule has 0 bridgehead atoms. The van der Waals surface area contributed by atoms with E-state index in [1.807, 2.05) is 90.9 Å². The van der Waals surface area contributed by atoms with Gasteiger partial charge >= 0.3 is 19.3 Å². The highest BCUT2D eigenvalue weighted by Gasteiger charge is 2.52. The van der Waals surface area contributed by atoms with E-state index in [0.717, 1.165) is 26.8 Å². The Balaban J connectivity index is 0.000000242. The van der Waals surface area contributed by atoms with Crippen LogP contribution in [0, 0.1) is 27.0 Å². The van der Waals surface area contributed by atoms with E-state index in [1.54, 1.807) is 40.7 Å². The molecule has 0 unspecified atom stereocenters. The summed E-state index contributed by atoms with van der Waals surface area (Å²) in [6.07, 6.45) is -1.03. The number of carbonyl (C=O) groups excluding carboxylic acids is 2. The number of nitrogens with zero attached hydrogens (tertiary/aromatic N) is 4. The van der Waals surface area contributed by atoms with Crippen molar-refractivity contribution in [1.82, 2.24) is 10.3 Å². The number of para-hydroxylation sites is 2. The van der Waals surface area contributed by atoms with Crippen LogP contribution < -0.4 is 16.1 Å². The third kappa shape index (κ3) is 12.7. The lowest BCUT2D eigenvalue weighted by Gasteiger charge is -2.32. The predicted molar refractivity (Wildman–Crippen MR) is 218 cm³/mol. The summed E-state index contributed by atoms with van der Waals surface area (Å²) in [5, 5.41) is 13.1. The number of ether oxygens (including phenoxy) is 2. The molecule has 0 aliphatic carbocycles. The summed E-state index contributed by atoms with van der Waals surface area (Å²) in [5.41, 5.74) is 2.68. The van der Waals surface area contributed by atoms with Gasteiger partial charge in [0.15, 0.2) is 11.4 Å². The molecule has 0 spiro atoms. The molecule has 3 heterocycles. The summed E-state index contributed by atoms with van der Waals surface area (Å²) >= 11 is 3.25. The van der Waals surface area contributed by atoms with E-state index in [1.165, 1.54) is 0 Å². The van der Waals surface area contributed by atoms with Gasteiger partial charge < -0.3 is 37.5 Å². The zero-order valence-electron chi connectivity index (χ0n) is 34.0. The summed E-state index contributed by atoms with van der Waals surface area (Å²) in [6, 6.07) is 14.7. The molecule has 5 rings (SSSR count). The van der Waals surface area contributed by atoms with Crippen LogP contribution in [0.15, 0.2) is 62.0 Å². The summed E-state index contributed by atoms with van der Waals surface area (Å²) < 4.78 is 33.5. The zero-order valence-corrected chi connectivity index (χ0v) is 35.6. The largest absolute Gasteiger partial charge is 0.496 e. The van der Waals surface area contributed by atoms with Crippen molar-refractivity contribution in [2.45, 2.75) is 119 Å². The van der Waals surface area contributed by atoms with Crippen LogP contribution >= 0.6 is 15.9 Å². The molecule has 1 aliphatic rings. The number of rotatable bonds is 6. The Labute approximate surface area is 337 Å². The van der Waals surface area contributed by atoms with Gasteiger partial charge in [0.1, 0.15) is 22.7 Å². The van der Waals surface area contributed by atoms with Gasteiger partial charge in [0.05, 0.1) is 26.9 Å². The van der Waals surface area contributed by atoms with E-state index >= 15 is 0 Å². The first-order chi connectivity index (χ1) is 26.0. The Bertz CT molecular complexity index is 2050. The zero-order chi connectivity index (χ0) is 42.1. The standard InChI is InChI=1S/C17H26BNO4.C17H19N3O3.C6H5BrN2O/c1-15(2,3)21-14(20)19-13-11-9-8-10-12(13)18-22-16(4,5)17(6,7)23-18;1-11-15(14(10-18-5)20-23-11)12-8-6-7-9-13(12)19-16(21)22-17(2,3)4;1-4-6(7)5(3-8-2)9-10-4/h8-11H,1-7H3,(H,19,20);6-9H,10H2,1-4H3,(H,19,21);3H2,1H3. The summed E-state index contributed by atoms with van der Waals surface area (Å²) in [5.74, 6) is 1.32. The Morgan fingerprint density at radius 2 is 1.20 bits per heavy atom. The SMILES string of the molecule is CC(C)(C)OC(=O)Nc1ccccc1B1OC(C)(C)C(C)(C)O1.[C-]#[N+]Cc1noc(C)c1-c1ccccc1NC(=O)OC(C)(C)C.[C-]#[N+]Cc1noc(C)c1Br. The summed E-state index contributed by atoms with van der Waals surface area (Å²) in [6.45, 7) is 36.4. The van der Waals surface area contributed by atoms with Gasteiger partial charge in [0.25, 0.3) is 13.1 Å². The number of carbonyl (C=O) groups is 2. The van der Waals surface area contributed by atoms with E-state index in [2.05, 4.69) is 46.6 Å².